The summed E-state index contributed by atoms with van der Waals surface area (Å²) in [7, 11) is 0. The summed E-state index contributed by atoms with van der Waals surface area (Å²) in [5, 5.41) is 0. The molecule has 0 saturated carbocycles. The van der Waals surface area contributed by atoms with Crippen LogP contribution in [0, 0.1) is 5.92 Å². The maximum Gasteiger partial charge on any atom is 0.184 e. The minimum absolute atomic E-state index is 0.116. The van der Waals surface area contributed by atoms with Crippen molar-refractivity contribution in [1.82, 2.24) is 0 Å². The van der Waals surface area contributed by atoms with E-state index in [2.05, 4.69) is 13.8 Å². The van der Waals surface area contributed by atoms with Gasteiger partial charge < -0.3 is 9.47 Å². The second kappa shape index (κ2) is 6.41. The molecular formula is C12H24O2. The van der Waals surface area contributed by atoms with Gasteiger partial charge in [-0.05, 0) is 19.3 Å². The average Bonchev–Trinajstić information content (AvgIpc) is 2.80. The van der Waals surface area contributed by atoms with Crippen molar-refractivity contribution in [2.24, 2.45) is 5.92 Å². The van der Waals surface area contributed by atoms with E-state index in [9.17, 15) is 0 Å². The van der Waals surface area contributed by atoms with Crippen molar-refractivity contribution >= 4 is 0 Å². The molecular weight excluding hydrogens is 176 g/mol. The molecule has 0 radical (unpaired) electrons. The van der Waals surface area contributed by atoms with Gasteiger partial charge >= 0.3 is 0 Å². The molecule has 1 aliphatic heterocycles. The molecule has 1 saturated heterocycles. The molecule has 2 nitrogen and oxygen atoms in total. The Labute approximate surface area is 88.0 Å². The van der Waals surface area contributed by atoms with E-state index in [1.165, 1.54) is 32.1 Å². The summed E-state index contributed by atoms with van der Waals surface area (Å²) >= 11 is 0. The summed E-state index contributed by atoms with van der Waals surface area (Å²) in [5.74, 6) is 0.854. The van der Waals surface area contributed by atoms with E-state index >= 15 is 0 Å². The third kappa shape index (κ3) is 5.61. The van der Waals surface area contributed by atoms with Crippen molar-refractivity contribution in [2.75, 3.05) is 6.61 Å². The van der Waals surface area contributed by atoms with E-state index < -0.39 is 0 Å². The highest BCUT2D eigenvalue weighted by Gasteiger charge is 2.34. The number of rotatable bonds is 8. The quantitative estimate of drug-likeness (QED) is 0.442. The molecule has 1 rings (SSSR count). The van der Waals surface area contributed by atoms with E-state index in [0.717, 1.165) is 12.5 Å². The zero-order chi connectivity index (χ0) is 10.4. The van der Waals surface area contributed by atoms with Gasteiger partial charge in [-0.2, -0.15) is 0 Å². The summed E-state index contributed by atoms with van der Waals surface area (Å²) in [6.07, 6.45) is 7.03. The monoisotopic (exact) mass is 200 g/mol. The molecule has 2 heteroatoms. The largest absolute Gasteiger partial charge is 0.350 e. The van der Waals surface area contributed by atoms with Gasteiger partial charge in [0.1, 0.15) is 6.10 Å². The van der Waals surface area contributed by atoms with Gasteiger partial charge in [-0.3, -0.25) is 0 Å². The lowest BCUT2D eigenvalue weighted by molar-refractivity contribution is 0.0478. The molecule has 0 N–H and O–H groups in total. The van der Waals surface area contributed by atoms with Crippen molar-refractivity contribution < 1.29 is 9.47 Å². The summed E-state index contributed by atoms with van der Waals surface area (Å²) in [5.41, 5.74) is 0. The number of ether oxygens (including phenoxy) is 2. The maximum atomic E-state index is 5.47. The van der Waals surface area contributed by atoms with Crippen LogP contribution in [0.15, 0.2) is 0 Å². The van der Waals surface area contributed by atoms with Crippen LogP contribution in [-0.2, 0) is 9.47 Å². The van der Waals surface area contributed by atoms with Crippen molar-refractivity contribution in [1.29, 1.82) is 0 Å². The first-order valence-electron chi connectivity index (χ1n) is 5.97. The van der Waals surface area contributed by atoms with Gasteiger partial charge in [0, 0.05) is 6.61 Å². The summed E-state index contributed by atoms with van der Waals surface area (Å²) < 4.78 is 10.6. The number of hydrogen-bond acceptors (Lipinski definition) is 2. The minimum atomic E-state index is 0.116. The van der Waals surface area contributed by atoms with Gasteiger partial charge in [-0.25, -0.2) is 0 Å². The highest BCUT2D eigenvalue weighted by Crippen LogP contribution is 2.22. The van der Waals surface area contributed by atoms with E-state index in [1.54, 1.807) is 0 Å². The molecule has 84 valence electrons. The van der Waals surface area contributed by atoms with Gasteiger partial charge in [0.05, 0.1) is 0 Å². The molecule has 0 aliphatic carbocycles. The van der Waals surface area contributed by atoms with Gasteiger partial charge in [0.15, 0.2) is 6.29 Å². The fourth-order valence-electron chi connectivity index (χ4n) is 1.55. The van der Waals surface area contributed by atoms with Crippen molar-refractivity contribution in [3.8, 4) is 0 Å². The molecule has 1 heterocycles. The Hall–Kier alpha value is -0.0800. The highest BCUT2D eigenvalue weighted by molar-refractivity contribution is 4.69. The fourth-order valence-corrected chi connectivity index (χ4v) is 1.55. The highest BCUT2D eigenvalue weighted by atomic mass is 16.8. The SMILES string of the molecule is CC(C)CCCCCCOC1OC1C. The van der Waals surface area contributed by atoms with E-state index in [4.69, 9.17) is 9.47 Å². The zero-order valence-electron chi connectivity index (χ0n) is 9.79. The average molecular weight is 200 g/mol. The lowest BCUT2D eigenvalue weighted by atomic mass is 10.0. The van der Waals surface area contributed by atoms with Crippen LogP contribution in [-0.4, -0.2) is 19.0 Å². The molecule has 0 amide bonds. The molecule has 14 heavy (non-hydrogen) atoms. The third-order valence-corrected chi connectivity index (χ3v) is 2.61. The zero-order valence-corrected chi connectivity index (χ0v) is 9.79. The van der Waals surface area contributed by atoms with Crippen LogP contribution in [0.3, 0.4) is 0 Å². The first kappa shape index (κ1) is 12.0. The predicted octanol–water partition coefficient (Wildman–Crippen LogP) is 3.35. The number of hydrogen-bond donors (Lipinski definition) is 0. The topological polar surface area (TPSA) is 21.8 Å². The predicted molar refractivity (Wildman–Crippen MR) is 58.2 cm³/mol. The second-order valence-corrected chi connectivity index (χ2v) is 4.68. The van der Waals surface area contributed by atoms with Crippen LogP contribution in [0.4, 0.5) is 0 Å². The molecule has 1 aliphatic rings. The Morgan fingerprint density at radius 2 is 1.79 bits per heavy atom. The standard InChI is InChI=1S/C12H24O2/c1-10(2)8-6-4-5-7-9-13-12-11(3)14-12/h10-12H,4-9H2,1-3H3. The molecule has 2 unspecified atom stereocenters. The normalized spacial score (nSPS) is 25.7. The third-order valence-electron chi connectivity index (χ3n) is 2.61. The van der Waals surface area contributed by atoms with Gasteiger partial charge in [-0.15, -0.1) is 0 Å². The molecule has 0 spiro atoms. The summed E-state index contributed by atoms with van der Waals surface area (Å²) in [4.78, 5) is 0. The molecule has 0 aromatic carbocycles. The fraction of sp³-hybridized carbons (Fsp3) is 1.00. The Balaban J connectivity index is 1.72. The molecule has 0 aromatic rings. The van der Waals surface area contributed by atoms with Gasteiger partial charge in [0.2, 0.25) is 0 Å². The Bertz CT molecular complexity index is 145. The van der Waals surface area contributed by atoms with Crippen LogP contribution >= 0.6 is 0 Å². The Morgan fingerprint density at radius 1 is 1.14 bits per heavy atom. The molecule has 2 atom stereocenters. The molecule has 1 fully saturated rings. The molecule has 0 aromatic heterocycles. The number of epoxide rings is 1. The summed E-state index contributed by atoms with van der Waals surface area (Å²) in [6.45, 7) is 7.49. The van der Waals surface area contributed by atoms with Crippen LogP contribution in [0.1, 0.15) is 52.9 Å². The summed E-state index contributed by atoms with van der Waals surface area (Å²) in [6, 6.07) is 0. The van der Waals surface area contributed by atoms with Crippen LogP contribution in [0.25, 0.3) is 0 Å². The minimum Gasteiger partial charge on any atom is -0.350 e. The van der Waals surface area contributed by atoms with Crippen molar-refractivity contribution in [3.63, 3.8) is 0 Å². The molecule has 0 bridgehead atoms. The number of unbranched alkanes of at least 4 members (excludes halogenated alkanes) is 3. The van der Waals surface area contributed by atoms with Gasteiger partial charge in [0.25, 0.3) is 0 Å². The van der Waals surface area contributed by atoms with Gasteiger partial charge in [-0.1, -0.05) is 39.5 Å². The second-order valence-electron chi connectivity index (χ2n) is 4.68. The first-order chi connectivity index (χ1) is 6.70. The Kier molecular flexibility index (Phi) is 5.49. The lowest BCUT2D eigenvalue weighted by Gasteiger charge is -2.04. The maximum absolute atomic E-state index is 5.47. The van der Waals surface area contributed by atoms with Crippen molar-refractivity contribution in [2.45, 2.75) is 65.3 Å². The van der Waals surface area contributed by atoms with Crippen LogP contribution < -0.4 is 0 Å². The van der Waals surface area contributed by atoms with E-state index in [1.807, 2.05) is 6.92 Å². The lowest BCUT2D eigenvalue weighted by Crippen LogP contribution is -2.00. The van der Waals surface area contributed by atoms with E-state index in [0.29, 0.717) is 6.10 Å². The van der Waals surface area contributed by atoms with Crippen LogP contribution in [0.5, 0.6) is 0 Å². The van der Waals surface area contributed by atoms with Crippen LogP contribution in [0.2, 0.25) is 0 Å². The smallest absolute Gasteiger partial charge is 0.184 e. The van der Waals surface area contributed by atoms with Crippen molar-refractivity contribution in [3.05, 3.63) is 0 Å². The van der Waals surface area contributed by atoms with E-state index in [-0.39, 0.29) is 6.29 Å². The Morgan fingerprint density at radius 3 is 2.36 bits per heavy atom. The first-order valence-corrected chi connectivity index (χ1v) is 5.97.